The van der Waals surface area contributed by atoms with Gasteiger partial charge in [-0.15, -0.1) is 5.10 Å². The minimum absolute atomic E-state index is 0.00288. The molecule has 0 fully saturated rings. The van der Waals surface area contributed by atoms with Gasteiger partial charge in [0.05, 0.1) is 10.7 Å². The van der Waals surface area contributed by atoms with Gasteiger partial charge in [0.15, 0.2) is 5.82 Å². The number of nitrogens with two attached hydrogens (primary N) is 2. The number of nitrogens with zero attached hydrogens (tertiary/aromatic N) is 2. The lowest BCUT2D eigenvalue weighted by atomic mass is 10.1. The van der Waals surface area contributed by atoms with Gasteiger partial charge in [0.1, 0.15) is 5.82 Å². The Morgan fingerprint density at radius 1 is 1.08 bits per heavy atom. The van der Waals surface area contributed by atoms with E-state index in [4.69, 9.17) is 34.7 Å². The van der Waals surface area contributed by atoms with Crippen LogP contribution in [-0.2, 0) is 13.1 Å². The van der Waals surface area contributed by atoms with Gasteiger partial charge in [-0.2, -0.15) is 4.68 Å². The fourth-order valence-corrected chi connectivity index (χ4v) is 2.88. The Hall–Kier alpha value is -2.19. The molecule has 0 aliphatic heterocycles. The summed E-state index contributed by atoms with van der Waals surface area (Å²) in [6, 6.07) is 7.59. The smallest absolute Gasteiger partial charge is 0.326 e. The summed E-state index contributed by atoms with van der Waals surface area (Å²) in [6.45, 7) is 0.282. The largest absolute Gasteiger partial charge is 0.348 e. The molecule has 0 amide bonds. The molecule has 130 valence electrons. The average molecular weight is 382 g/mol. The highest BCUT2D eigenvalue weighted by Crippen LogP contribution is 2.28. The van der Waals surface area contributed by atoms with Crippen molar-refractivity contribution in [3.05, 3.63) is 67.8 Å². The monoisotopic (exact) mass is 381 g/mol. The van der Waals surface area contributed by atoms with E-state index in [0.717, 1.165) is 16.3 Å². The van der Waals surface area contributed by atoms with Crippen LogP contribution in [0.1, 0.15) is 11.1 Å². The van der Waals surface area contributed by atoms with E-state index < -0.39 is 11.5 Å². The first-order chi connectivity index (χ1) is 11.9. The Morgan fingerprint density at radius 2 is 1.80 bits per heavy atom. The van der Waals surface area contributed by atoms with Gasteiger partial charge < -0.3 is 11.5 Å². The highest BCUT2D eigenvalue weighted by Gasteiger charge is 2.15. The maximum absolute atomic E-state index is 13.7. The number of halogens is 3. The molecule has 3 rings (SSSR count). The van der Waals surface area contributed by atoms with Crippen LogP contribution in [-0.4, -0.2) is 14.8 Å². The van der Waals surface area contributed by atoms with Crippen LogP contribution in [0.4, 0.5) is 4.39 Å². The molecule has 0 atom stereocenters. The molecule has 5 N–H and O–H groups in total. The number of hydrogen-bond donors (Lipinski definition) is 3. The van der Waals surface area contributed by atoms with Crippen molar-refractivity contribution in [3.63, 3.8) is 0 Å². The molecule has 0 unspecified atom stereocenters. The zero-order valence-electron chi connectivity index (χ0n) is 12.9. The van der Waals surface area contributed by atoms with Crippen molar-refractivity contribution in [1.29, 1.82) is 0 Å². The number of hydrogen-bond acceptors (Lipinski definition) is 4. The third-order valence-electron chi connectivity index (χ3n) is 3.73. The molecule has 0 saturated heterocycles. The van der Waals surface area contributed by atoms with Gasteiger partial charge in [-0.1, -0.05) is 29.3 Å². The second-order valence-corrected chi connectivity index (χ2v) is 6.11. The molecule has 0 aliphatic carbocycles. The molecular formula is C16H14Cl2FN5O. The van der Waals surface area contributed by atoms with Gasteiger partial charge in [0.2, 0.25) is 0 Å². The van der Waals surface area contributed by atoms with Crippen molar-refractivity contribution < 1.29 is 4.39 Å². The van der Waals surface area contributed by atoms with Crippen LogP contribution in [0.3, 0.4) is 0 Å². The van der Waals surface area contributed by atoms with E-state index in [1.165, 1.54) is 6.07 Å². The van der Waals surface area contributed by atoms with E-state index in [2.05, 4.69) is 10.1 Å². The maximum atomic E-state index is 13.7. The second kappa shape index (κ2) is 6.97. The average Bonchev–Trinajstić information content (AvgIpc) is 2.96. The van der Waals surface area contributed by atoms with Crippen LogP contribution in [0, 0.1) is 5.82 Å². The van der Waals surface area contributed by atoms with Crippen LogP contribution in [0.15, 0.2) is 35.1 Å². The quantitative estimate of drug-likeness (QED) is 0.645. The standard InChI is InChI=1S/C16H14Cl2FN5O/c17-12-4-10(2-1-8(12)6-20)24-16(25)22-15(23-24)11-3-9(7-21)14(19)5-13(11)18/h1-5H,6-7,20-21H2,(H,22,23,25). The third kappa shape index (κ3) is 3.32. The molecule has 0 saturated carbocycles. The normalized spacial score (nSPS) is 11.1. The number of aromatic amines is 1. The zero-order chi connectivity index (χ0) is 18.1. The molecule has 9 heteroatoms. The fraction of sp³-hybridized carbons (Fsp3) is 0.125. The first-order valence-corrected chi connectivity index (χ1v) is 8.06. The molecule has 0 spiro atoms. The van der Waals surface area contributed by atoms with E-state index in [1.54, 1.807) is 18.2 Å². The van der Waals surface area contributed by atoms with Gasteiger partial charge in [-0.05, 0) is 29.8 Å². The summed E-state index contributed by atoms with van der Waals surface area (Å²) in [4.78, 5) is 14.8. The molecular weight excluding hydrogens is 368 g/mol. The summed E-state index contributed by atoms with van der Waals surface area (Å²) in [6.07, 6.45) is 0. The molecule has 1 aromatic heterocycles. The number of rotatable bonds is 4. The van der Waals surface area contributed by atoms with E-state index in [9.17, 15) is 9.18 Å². The highest BCUT2D eigenvalue weighted by molar-refractivity contribution is 6.33. The van der Waals surface area contributed by atoms with Crippen LogP contribution < -0.4 is 17.2 Å². The third-order valence-corrected chi connectivity index (χ3v) is 4.39. The summed E-state index contributed by atoms with van der Waals surface area (Å²) < 4.78 is 14.9. The van der Waals surface area contributed by atoms with Gasteiger partial charge in [-0.25, -0.2) is 9.18 Å². The molecule has 2 aromatic carbocycles. The lowest BCUT2D eigenvalue weighted by molar-refractivity contribution is 0.611. The lowest BCUT2D eigenvalue weighted by Gasteiger charge is -2.06. The number of aromatic nitrogens is 3. The Morgan fingerprint density at radius 3 is 2.44 bits per heavy atom. The Bertz CT molecular complexity index is 999. The molecule has 3 aromatic rings. The molecule has 0 bridgehead atoms. The van der Waals surface area contributed by atoms with Gasteiger partial charge in [-0.3, -0.25) is 4.98 Å². The number of H-pyrrole nitrogens is 1. The van der Waals surface area contributed by atoms with Gasteiger partial charge >= 0.3 is 5.69 Å². The second-order valence-electron chi connectivity index (χ2n) is 5.30. The molecule has 0 aliphatic rings. The van der Waals surface area contributed by atoms with Crippen molar-refractivity contribution in [1.82, 2.24) is 14.8 Å². The maximum Gasteiger partial charge on any atom is 0.348 e. The van der Waals surface area contributed by atoms with Crippen LogP contribution in [0.25, 0.3) is 17.1 Å². The highest BCUT2D eigenvalue weighted by atomic mass is 35.5. The van der Waals surface area contributed by atoms with Crippen molar-refractivity contribution in [2.75, 3.05) is 0 Å². The Labute approximate surface area is 152 Å². The predicted molar refractivity (Wildman–Crippen MR) is 95.4 cm³/mol. The van der Waals surface area contributed by atoms with Crippen LogP contribution in [0.2, 0.25) is 10.0 Å². The summed E-state index contributed by atoms with van der Waals surface area (Å²) in [5, 5.41) is 4.77. The minimum atomic E-state index is -0.512. The van der Waals surface area contributed by atoms with Crippen molar-refractivity contribution >= 4 is 23.2 Å². The Kier molecular flexibility index (Phi) is 4.91. The summed E-state index contributed by atoms with van der Waals surface area (Å²) in [5.74, 6) is -0.314. The topological polar surface area (TPSA) is 103 Å². The molecule has 0 radical (unpaired) electrons. The predicted octanol–water partition coefficient (Wildman–Crippen LogP) is 2.59. The number of nitrogens with one attached hydrogen (secondary N) is 1. The lowest BCUT2D eigenvalue weighted by Crippen LogP contribution is -2.16. The summed E-state index contributed by atoms with van der Waals surface area (Å²) >= 11 is 12.2. The van der Waals surface area contributed by atoms with E-state index in [1.807, 2.05) is 0 Å². The number of benzene rings is 2. The SMILES string of the molecule is NCc1cc(-c2nn(-c3ccc(CN)c(Cl)c3)c(=O)[nH]2)c(Cl)cc1F. The summed E-state index contributed by atoms with van der Waals surface area (Å²) in [5.41, 5.74) is 12.5. The van der Waals surface area contributed by atoms with Gasteiger partial charge in [0.25, 0.3) is 0 Å². The van der Waals surface area contributed by atoms with E-state index in [-0.39, 0.29) is 29.5 Å². The minimum Gasteiger partial charge on any atom is -0.326 e. The van der Waals surface area contributed by atoms with E-state index in [0.29, 0.717) is 16.3 Å². The summed E-state index contributed by atoms with van der Waals surface area (Å²) in [7, 11) is 0. The molecule has 25 heavy (non-hydrogen) atoms. The van der Waals surface area contributed by atoms with Crippen molar-refractivity contribution in [3.8, 4) is 17.1 Å². The Balaban J connectivity index is 2.10. The molecule has 1 heterocycles. The zero-order valence-corrected chi connectivity index (χ0v) is 14.4. The van der Waals surface area contributed by atoms with Crippen molar-refractivity contribution in [2.45, 2.75) is 13.1 Å². The fourth-order valence-electron chi connectivity index (χ4n) is 2.39. The van der Waals surface area contributed by atoms with E-state index >= 15 is 0 Å². The van der Waals surface area contributed by atoms with Crippen molar-refractivity contribution in [2.24, 2.45) is 11.5 Å². The van der Waals surface area contributed by atoms with Crippen LogP contribution in [0.5, 0.6) is 0 Å². The molecule has 6 nitrogen and oxygen atoms in total. The first kappa shape index (κ1) is 17.6. The van der Waals surface area contributed by atoms with Gasteiger partial charge in [0, 0.05) is 29.2 Å². The van der Waals surface area contributed by atoms with Crippen LogP contribution >= 0.6 is 23.2 Å². The first-order valence-electron chi connectivity index (χ1n) is 7.31.